The summed E-state index contributed by atoms with van der Waals surface area (Å²) >= 11 is 5.96. The van der Waals surface area contributed by atoms with E-state index >= 15 is 0 Å². The van der Waals surface area contributed by atoms with E-state index in [0.717, 1.165) is 11.1 Å². The van der Waals surface area contributed by atoms with E-state index in [4.69, 9.17) is 16.3 Å². The maximum atomic E-state index is 12.0. The highest BCUT2D eigenvalue weighted by molar-refractivity contribution is 6.30. The molecule has 0 fully saturated rings. The zero-order valence-electron chi connectivity index (χ0n) is 13.0. The number of hydrogen-bond donors (Lipinski definition) is 1. The van der Waals surface area contributed by atoms with Gasteiger partial charge in [0.05, 0.1) is 6.04 Å². The van der Waals surface area contributed by atoms with Gasteiger partial charge in [-0.2, -0.15) is 0 Å². The minimum absolute atomic E-state index is 0.00654. The van der Waals surface area contributed by atoms with Crippen LogP contribution in [0.4, 0.5) is 0 Å². The van der Waals surface area contributed by atoms with Crippen molar-refractivity contribution < 1.29 is 9.53 Å². The van der Waals surface area contributed by atoms with Crippen LogP contribution in [-0.2, 0) is 4.79 Å². The summed E-state index contributed by atoms with van der Waals surface area (Å²) < 4.78 is 5.53. The van der Waals surface area contributed by atoms with Gasteiger partial charge >= 0.3 is 0 Å². The van der Waals surface area contributed by atoms with Crippen LogP contribution in [0.5, 0.6) is 5.75 Å². The first kappa shape index (κ1) is 16.4. The molecule has 0 aliphatic rings. The number of rotatable bonds is 5. The number of ether oxygens (including phenoxy) is 1. The van der Waals surface area contributed by atoms with Crippen molar-refractivity contribution in [2.45, 2.75) is 26.8 Å². The van der Waals surface area contributed by atoms with Crippen LogP contribution in [0.15, 0.2) is 42.5 Å². The first-order valence-corrected chi connectivity index (χ1v) is 7.58. The zero-order chi connectivity index (χ0) is 16.1. The molecule has 0 spiro atoms. The molecule has 116 valence electrons. The van der Waals surface area contributed by atoms with E-state index in [1.807, 2.05) is 63.2 Å². The lowest BCUT2D eigenvalue weighted by molar-refractivity contribution is -0.123. The number of carbonyl (C=O) groups is 1. The number of nitrogens with one attached hydrogen (secondary N) is 1. The Labute approximate surface area is 136 Å². The molecular weight excluding hydrogens is 298 g/mol. The third kappa shape index (κ3) is 4.50. The Hall–Kier alpha value is -2.00. The van der Waals surface area contributed by atoms with Gasteiger partial charge in [-0.15, -0.1) is 0 Å². The molecule has 0 aliphatic heterocycles. The quantitative estimate of drug-likeness (QED) is 0.897. The van der Waals surface area contributed by atoms with Crippen molar-refractivity contribution in [2.24, 2.45) is 0 Å². The number of amides is 1. The van der Waals surface area contributed by atoms with Gasteiger partial charge in [0.25, 0.3) is 5.91 Å². The van der Waals surface area contributed by atoms with Crippen molar-refractivity contribution in [3.8, 4) is 5.75 Å². The Morgan fingerprint density at radius 3 is 2.64 bits per heavy atom. The average Bonchev–Trinajstić information content (AvgIpc) is 2.48. The Morgan fingerprint density at radius 1 is 1.18 bits per heavy atom. The molecule has 2 aromatic carbocycles. The summed E-state index contributed by atoms with van der Waals surface area (Å²) in [7, 11) is 0. The van der Waals surface area contributed by atoms with Crippen LogP contribution in [0.1, 0.15) is 29.7 Å². The Bertz CT molecular complexity index is 670. The van der Waals surface area contributed by atoms with Crippen LogP contribution >= 0.6 is 11.6 Å². The fraction of sp³-hybridized carbons (Fsp3) is 0.278. The minimum Gasteiger partial charge on any atom is -0.484 e. The van der Waals surface area contributed by atoms with Gasteiger partial charge in [-0.3, -0.25) is 4.79 Å². The van der Waals surface area contributed by atoms with E-state index in [0.29, 0.717) is 10.8 Å². The predicted octanol–water partition coefficient (Wildman–Crippen LogP) is 4.21. The van der Waals surface area contributed by atoms with E-state index in [2.05, 4.69) is 5.32 Å². The number of hydrogen-bond acceptors (Lipinski definition) is 2. The lowest BCUT2D eigenvalue weighted by Gasteiger charge is -2.15. The molecule has 0 aromatic heterocycles. The molecule has 4 heteroatoms. The SMILES string of the molecule is Cc1ccc(OCC(=O)N[C@@H](C)c2cccc(Cl)c2)cc1C. The van der Waals surface area contributed by atoms with Gasteiger partial charge in [-0.05, 0) is 61.7 Å². The van der Waals surface area contributed by atoms with Crippen molar-refractivity contribution in [2.75, 3.05) is 6.61 Å². The van der Waals surface area contributed by atoms with Crippen LogP contribution in [0.3, 0.4) is 0 Å². The molecule has 0 aliphatic carbocycles. The van der Waals surface area contributed by atoms with Crippen molar-refractivity contribution in [1.82, 2.24) is 5.32 Å². The van der Waals surface area contributed by atoms with E-state index in [-0.39, 0.29) is 18.6 Å². The predicted molar refractivity (Wildman–Crippen MR) is 89.4 cm³/mol. The van der Waals surface area contributed by atoms with Gasteiger partial charge in [0.2, 0.25) is 0 Å². The minimum atomic E-state index is -0.161. The fourth-order valence-corrected chi connectivity index (χ4v) is 2.29. The van der Waals surface area contributed by atoms with Crippen molar-refractivity contribution >= 4 is 17.5 Å². The van der Waals surface area contributed by atoms with Gasteiger partial charge in [0.1, 0.15) is 5.75 Å². The van der Waals surface area contributed by atoms with Gasteiger partial charge in [-0.1, -0.05) is 29.8 Å². The summed E-state index contributed by atoms with van der Waals surface area (Å²) in [5.41, 5.74) is 3.31. The molecule has 0 unspecified atom stereocenters. The highest BCUT2D eigenvalue weighted by atomic mass is 35.5. The first-order valence-electron chi connectivity index (χ1n) is 7.20. The average molecular weight is 318 g/mol. The molecule has 0 bridgehead atoms. The van der Waals surface area contributed by atoms with Gasteiger partial charge in [-0.25, -0.2) is 0 Å². The highest BCUT2D eigenvalue weighted by Gasteiger charge is 2.10. The highest BCUT2D eigenvalue weighted by Crippen LogP contribution is 2.18. The molecule has 1 N–H and O–H groups in total. The van der Waals surface area contributed by atoms with Crippen molar-refractivity contribution in [1.29, 1.82) is 0 Å². The first-order chi connectivity index (χ1) is 10.5. The maximum Gasteiger partial charge on any atom is 0.258 e. The lowest BCUT2D eigenvalue weighted by Crippen LogP contribution is -2.31. The number of benzene rings is 2. The maximum absolute atomic E-state index is 12.0. The monoisotopic (exact) mass is 317 g/mol. The van der Waals surface area contributed by atoms with E-state index in [9.17, 15) is 4.79 Å². The van der Waals surface area contributed by atoms with E-state index in [1.54, 1.807) is 0 Å². The molecule has 0 saturated carbocycles. The summed E-state index contributed by atoms with van der Waals surface area (Å²) in [6.45, 7) is 5.97. The van der Waals surface area contributed by atoms with Crippen LogP contribution in [0, 0.1) is 13.8 Å². The Morgan fingerprint density at radius 2 is 1.95 bits per heavy atom. The van der Waals surface area contributed by atoms with Crippen molar-refractivity contribution in [3.05, 3.63) is 64.2 Å². The van der Waals surface area contributed by atoms with Crippen LogP contribution in [-0.4, -0.2) is 12.5 Å². The van der Waals surface area contributed by atoms with Crippen LogP contribution in [0.2, 0.25) is 5.02 Å². The van der Waals surface area contributed by atoms with Crippen molar-refractivity contribution in [3.63, 3.8) is 0 Å². The standard InChI is InChI=1S/C18H20ClNO2/c1-12-7-8-17(9-13(12)2)22-11-18(21)20-14(3)15-5-4-6-16(19)10-15/h4-10,14H,11H2,1-3H3,(H,20,21)/t14-/m0/s1. The topological polar surface area (TPSA) is 38.3 Å². The fourth-order valence-electron chi connectivity index (χ4n) is 2.09. The lowest BCUT2D eigenvalue weighted by atomic mass is 10.1. The molecule has 0 heterocycles. The summed E-state index contributed by atoms with van der Waals surface area (Å²) in [6.07, 6.45) is 0. The molecule has 1 amide bonds. The summed E-state index contributed by atoms with van der Waals surface area (Å²) in [4.78, 5) is 12.0. The second-order valence-corrected chi connectivity index (χ2v) is 5.82. The van der Waals surface area contributed by atoms with Gasteiger partial charge in [0, 0.05) is 5.02 Å². The molecule has 0 saturated heterocycles. The molecule has 2 aromatic rings. The molecule has 0 radical (unpaired) electrons. The van der Waals surface area contributed by atoms with Gasteiger partial charge in [0.15, 0.2) is 6.61 Å². The summed E-state index contributed by atoms with van der Waals surface area (Å²) in [5.74, 6) is 0.541. The summed E-state index contributed by atoms with van der Waals surface area (Å²) in [6, 6.07) is 13.1. The van der Waals surface area contributed by atoms with Gasteiger partial charge < -0.3 is 10.1 Å². The largest absolute Gasteiger partial charge is 0.484 e. The normalized spacial score (nSPS) is 11.8. The molecule has 22 heavy (non-hydrogen) atoms. The second-order valence-electron chi connectivity index (χ2n) is 5.38. The second kappa shape index (κ2) is 7.32. The van der Waals surface area contributed by atoms with Crippen LogP contribution in [0.25, 0.3) is 0 Å². The molecule has 2 rings (SSSR count). The molecule has 1 atom stereocenters. The van der Waals surface area contributed by atoms with E-state index in [1.165, 1.54) is 5.56 Å². The number of carbonyl (C=O) groups excluding carboxylic acids is 1. The molecule has 3 nitrogen and oxygen atoms in total. The summed E-state index contributed by atoms with van der Waals surface area (Å²) in [5, 5.41) is 3.55. The third-order valence-electron chi connectivity index (χ3n) is 3.57. The number of aryl methyl sites for hydroxylation is 2. The third-order valence-corrected chi connectivity index (χ3v) is 3.81. The van der Waals surface area contributed by atoms with E-state index < -0.39 is 0 Å². The number of halogens is 1. The Balaban J connectivity index is 1.88. The van der Waals surface area contributed by atoms with Crippen LogP contribution < -0.4 is 10.1 Å². The smallest absolute Gasteiger partial charge is 0.258 e. The zero-order valence-corrected chi connectivity index (χ0v) is 13.8. The Kier molecular flexibility index (Phi) is 5.45. The molecular formula is C18H20ClNO2.